The Balaban J connectivity index is 0.00000484. The molecule has 0 saturated carbocycles. The van der Waals surface area contributed by atoms with Crippen LogP contribution in [0.2, 0.25) is 0 Å². The van der Waals surface area contributed by atoms with E-state index in [2.05, 4.69) is 20.9 Å². The normalized spacial score (nSPS) is 11.0. The molecule has 0 fully saturated rings. The zero-order chi connectivity index (χ0) is 16.5. The van der Waals surface area contributed by atoms with Gasteiger partial charge >= 0.3 is 0 Å². The van der Waals surface area contributed by atoms with Crippen LogP contribution in [0.1, 0.15) is 25.0 Å². The van der Waals surface area contributed by atoms with Gasteiger partial charge < -0.3 is 16.0 Å². The van der Waals surface area contributed by atoms with E-state index in [4.69, 9.17) is 0 Å². The van der Waals surface area contributed by atoms with Crippen LogP contribution < -0.4 is 16.0 Å². The molecule has 5 nitrogen and oxygen atoms in total. The average molecular weight is 436 g/mol. The highest BCUT2D eigenvalue weighted by molar-refractivity contribution is 14.0. The lowest BCUT2D eigenvalue weighted by molar-refractivity contribution is -0.123. The van der Waals surface area contributed by atoms with Gasteiger partial charge in [-0.1, -0.05) is 26.0 Å². The second-order valence-corrected chi connectivity index (χ2v) is 5.38. The number of amides is 1. The highest BCUT2D eigenvalue weighted by Gasteiger charge is 2.05. The fourth-order valence-electron chi connectivity index (χ4n) is 1.79. The number of carbonyl (C=O) groups excluding carboxylic acids is 1. The van der Waals surface area contributed by atoms with Gasteiger partial charge in [0.25, 0.3) is 0 Å². The van der Waals surface area contributed by atoms with E-state index in [1.807, 2.05) is 13.8 Å². The fourth-order valence-corrected chi connectivity index (χ4v) is 1.79. The number of aryl methyl sites for hydroxylation is 1. The maximum Gasteiger partial charge on any atom is 0.222 e. The van der Waals surface area contributed by atoms with Gasteiger partial charge in [0.2, 0.25) is 5.91 Å². The van der Waals surface area contributed by atoms with Gasteiger partial charge in [0.05, 0.1) is 0 Å². The lowest BCUT2D eigenvalue weighted by Crippen LogP contribution is -2.41. The molecule has 0 bridgehead atoms. The third-order valence-electron chi connectivity index (χ3n) is 3.15. The number of hydrogen-bond donors (Lipinski definition) is 3. The predicted molar refractivity (Wildman–Crippen MR) is 103 cm³/mol. The monoisotopic (exact) mass is 436 g/mol. The first-order valence-electron chi connectivity index (χ1n) is 7.41. The molecule has 7 heteroatoms. The Labute approximate surface area is 154 Å². The summed E-state index contributed by atoms with van der Waals surface area (Å²) in [5, 5.41) is 9.08. The number of hydrogen-bond acceptors (Lipinski definition) is 2. The molecule has 23 heavy (non-hydrogen) atoms. The minimum atomic E-state index is -0.202. The van der Waals surface area contributed by atoms with Crippen LogP contribution in [-0.2, 0) is 11.3 Å². The summed E-state index contributed by atoms with van der Waals surface area (Å²) in [6.07, 6.45) is 0. The van der Waals surface area contributed by atoms with Gasteiger partial charge in [-0.2, -0.15) is 0 Å². The first kappa shape index (κ1) is 21.6. The topological polar surface area (TPSA) is 65.5 Å². The number of aliphatic imine (C=N–C) groups is 1. The van der Waals surface area contributed by atoms with Crippen LogP contribution in [0.25, 0.3) is 0 Å². The largest absolute Gasteiger partial charge is 0.355 e. The van der Waals surface area contributed by atoms with Crippen LogP contribution in [0.3, 0.4) is 0 Å². The van der Waals surface area contributed by atoms with Gasteiger partial charge in [0.15, 0.2) is 5.96 Å². The summed E-state index contributed by atoms with van der Waals surface area (Å²) in [5.41, 5.74) is 1.61. The second kappa shape index (κ2) is 11.2. The van der Waals surface area contributed by atoms with Crippen molar-refractivity contribution in [3.63, 3.8) is 0 Å². The molecule has 0 unspecified atom stereocenters. The molecule has 0 saturated heterocycles. The van der Waals surface area contributed by atoms with E-state index in [1.165, 1.54) is 6.07 Å². The molecule has 1 rings (SSSR count). The van der Waals surface area contributed by atoms with Crippen LogP contribution in [0.5, 0.6) is 0 Å². The smallest absolute Gasteiger partial charge is 0.222 e. The summed E-state index contributed by atoms with van der Waals surface area (Å²) >= 11 is 0. The number of carbonyl (C=O) groups is 1. The first-order valence-corrected chi connectivity index (χ1v) is 7.41. The molecule has 1 aromatic rings. The second-order valence-electron chi connectivity index (χ2n) is 5.38. The van der Waals surface area contributed by atoms with Crippen LogP contribution in [0, 0.1) is 18.7 Å². The summed E-state index contributed by atoms with van der Waals surface area (Å²) in [4.78, 5) is 15.5. The summed E-state index contributed by atoms with van der Waals surface area (Å²) < 4.78 is 13.2. The van der Waals surface area contributed by atoms with Crippen molar-refractivity contribution >= 4 is 35.8 Å². The molecule has 0 radical (unpaired) electrons. The number of guanidine groups is 1. The van der Waals surface area contributed by atoms with Crippen molar-refractivity contribution in [3.05, 3.63) is 35.1 Å². The molecule has 0 aliphatic heterocycles. The average Bonchev–Trinajstić information content (AvgIpc) is 2.49. The van der Waals surface area contributed by atoms with E-state index < -0.39 is 0 Å². The van der Waals surface area contributed by atoms with Crippen molar-refractivity contribution in [1.82, 2.24) is 16.0 Å². The van der Waals surface area contributed by atoms with Crippen LogP contribution in [0.15, 0.2) is 23.2 Å². The standard InChI is InChI=1S/C16H25FN4O.HI/c1-11(2)15(22)19-7-8-20-16(18-4)21-10-13-5-6-14(17)12(3)9-13;/h5-6,9,11H,7-8,10H2,1-4H3,(H,19,22)(H2,18,20,21);1H. The molecule has 0 aliphatic carbocycles. The van der Waals surface area contributed by atoms with Crippen LogP contribution in [0.4, 0.5) is 4.39 Å². The predicted octanol–water partition coefficient (Wildman–Crippen LogP) is 2.19. The third-order valence-corrected chi connectivity index (χ3v) is 3.15. The van der Waals surface area contributed by atoms with E-state index in [1.54, 1.807) is 26.1 Å². The van der Waals surface area contributed by atoms with Gasteiger partial charge in [-0.3, -0.25) is 9.79 Å². The zero-order valence-corrected chi connectivity index (χ0v) is 16.4. The molecular formula is C16H26FIN4O. The summed E-state index contributed by atoms with van der Waals surface area (Å²) in [6, 6.07) is 5.01. The first-order chi connectivity index (χ1) is 10.4. The van der Waals surface area contributed by atoms with Gasteiger partial charge in [0.1, 0.15) is 5.82 Å². The molecule has 130 valence electrons. The molecular weight excluding hydrogens is 410 g/mol. The Morgan fingerprint density at radius 1 is 1.22 bits per heavy atom. The maximum atomic E-state index is 13.2. The van der Waals surface area contributed by atoms with Crippen molar-refractivity contribution in [3.8, 4) is 0 Å². The number of benzene rings is 1. The van der Waals surface area contributed by atoms with Crippen molar-refractivity contribution in [2.75, 3.05) is 20.1 Å². The van der Waals surface area contributed by atoms with E-state index in [9.17, 15) is 9.18 Å². The SMILES string of the molecule is CN=C(NCCNC(=O)C(C)C)NCc1ccc(F)c(C)c1.I. The number of nitrogens with zero attached hydrogens (tertiary/aromatic N) is 1. The van der Waals surface area contributed by atoms with Gasteiger partial charge in [-0.05, 0) is 24.1 Å². The Bertz CT molecular complexity index is 535. The minimum Gasteiger partial charge on any atom is -0.355 e. The number of halogens is 2. The van der Waals surface area contributed by atoms with Crippen molar-refractivity contribution < 1.29 is 9.18 Å². The quantitative estimate of drug-likeness (QED) is 0.277. The molecule has 1 amide bonds. The van der Waals surface area contributed by atoms with Crippen LogP contribution in [-0.4, -0.2) is 32.0 Å². The van der Waals surface area contributed by atoms with E-state index in [0.29, 0.717) is 31.2 Å². The van der Waals surface area contributed by atoms with Crippen molar-refractivity contribution in [2.24, 2.45) is 10.9 Å². The summed E-state index contributed by atoms with van der Waals surface area (Å²) in [7, 11) is 1.68. The molecule has 0 aromatic heterocycles. The Morgan fingerprint density at radius 2 is 1.87 bits per heavy atom. The van der Waals surface area contributed by atoms with Crippen LogP contribution >= 0.6 is 24.0 Å². The fraction of sp³-hybridized carbons (Fsp3) is 0.500. The van der Waals surface area contributed by atoms with Gasteiger partial charge in [-0.15, -0.1) is 24.0 Å². The molecule has 0 atom stereocenters. The lowest BCUT2D eigenvalue weighted by Gasteiger charge is -2.13. The number of rotatable bonds is 6. The highest BCUT2D eigenvalue weighted by atomic mass is 127. The van der Waals surface area contributed by atoms with E-state index in [0.717, 1.165) is 5.56 Å². The highest BCUT2D eigenvalue weighted by Crippen LogP contribution is 2.08. The summed E-state index contributed by atoms with van der Waals surface area (Å²) in [5.74, 6) is 0.457. The van der Waals surface area contributed by atoms with E-state index in [-0.39, 0.29) is 41.6 Å². The van der Waals surface area contributed by atoms with Crippen molar-refractivity contribution in [1.29, 1.82) is 0 Å². The molecule has 0 spiro atoms. The molecule has 3 N–H and O–H groups in total. The van der Waals surface area contributed by atoms with Gasteiger partial charge in [0, 0.05) is 32.6 Å². The van der Waals surface area contributed by atoms with Gasteiger partial charge in [-0.25, -0.2) is 4.39 Å². The zero-order valence-electron chi connectivity index (χ0n) is 14.1. The summed E-state index contributed by atoms with van der Waals surface area (Å²) in [6.45, 7) is 7.12. The Hall–Kier alpha value is -1.38. The Kier molecular flexibility index (Phi) is 10.5. The molecule has 1 aromatic carbocycles. The molecule has 0 heterocycles. The lowest BCUT2D eigenvalue weighted by atomic mass is 10.1. The Morgan fingerprint density at radius 3 is 2.43 bits per heavy atom. The third kappa shape index (κ3) is 8.15. The maximum absolute atomic E-state index is 13.2. The minimum absolute atomic E-state index is 0. The number of nitrogens with one attached hydrogen (secondary N) is 3. The van der Waals surface area contributed by atoms with Crippen molar-refractivity contribution in [2.45, 2.75) is 27.3 Å². The molecule has 0 aliphatic rings. The van der Waals surface area contributed by atoms with E-state index >= 15 is 0 Å².